The summed E-state index contributed by atoms with van der Waals surface area (Å²) in [6.07, 6.45) is 3.51. The van der Waals surface area contributed by atoms with Crippen LogP contribution in [0.3, 0.4) is 0 Å². The highest BCUT2D eigenvalue weighted by atomic mass is 35.5. The van der Waals surface area contributed by atoms with Gasteiger partial charge in [0.05, 0.1) is 0 Å². The third-order valence-corrected chi connectivity index (χ3v) is 4.25. The van der Waals surface area contributed by atoms with Gasteiger partial charge in [-0.25, -0.2) is 0 Å². The molecule has 0 unspecified atom stereocenters. The van der Waals surface area contributed by atoms with Crippen LogP contribution in [-0.4, -0.2) is 50.1 Å². The Hall–Kier alpha value is -1.10. The molecule has 1 heterocycles. The highest BCUT2D eigenvalue weighted by Gasteiger charge is 2.08. The van der Waals surface area contributed by atoms with E-state index in [1.165, 1.54) is 11.1 Å². The topological polar surface area (TPSA) is 44.4 Å². The lowest BCUT2D eigenvalue weighted by Crippen LogP contribution is -2.44. The number of nitrogens with zero attached hydrogens (tertiary/aromatic N) is 1. The molecule has 1 fully saturated rings. The Bertz CT molecular complexity index is 444. The summed E-state index contributed by atoms with van der Waals surface area (Å²) in [6.45, 7) is 8.45. The predicted octanol–water partition coefficient (Wildman–Crippen LogP) is 2.01. The molecule has 0 aromatic heterocycles. The molecule has 5 heteroatoms. The molecule has 1 aromatic carbocycles. The zero-order chi connectivity index (χ0) is 15.6. The fourth-order valence-electron chi connectivity index (χ4n) is 2.75. The Labute approximate surface area is 146 Å². The number of benzene rings is 1. The maximum atomic E-state index is 11.9. The van der Waals surface area contributed by atoms with Gasteiger partial charge in [-0.05, 0) is 36.9 Å². The van der Waals surface area contributed by atoms with E-state index in [1.54, 1.807) is 0 Å². The van der Waals surface area contributed by atoms with Gasteiger partial charge in [-0.3, -0.25) is 4.79 Å². The summed E-state index contributed by atoms with van der Waals surface area (Å²) < 4.78 is 0. The van der Waals surface area contributed by atoms with Crippen LogP contribution in [0.4, 0.5) is 0 Å². The van der Waals surface area contributed by atoms with Crippen molar-refractivity contribution in [1.82, 2.24) is 15.5 Å². The van der Waals surface area contributed by atoms with Crippen LogP contribution in [0.15, 0.2) is 24.3 Å². The largest absolute Gasteiger partial charge is 0.356 e. The first kappa shape index (κ1) is 19.9. The summed E-state index contributed by atoms with van der Waals surface area (Å²) in [5.41, 5.74) is 2.59. The molecule has 1 amide bonds. The Morgan fingerprint density at radius 3 is 2.48 bits per heavy atom. The van der Waals surface area contributed by atoms with Crippen molar-refractivity contribution < 1.29 is 4.79 Å². The van der Waals surface area contributed by atoms with Crippen molar-refractivity contribution in [2.45, 2.75) is 32.6 Å². The lowest BCUT2D eigenvalue weighted by Gasteiger charge is -2.27. The number of piperazine rings is 1. The Morgan fingerprint density at radius 2 is 1.83 bits per heavy atom. The van der Waals surface area contributed by atoms with Crippen LogP contribution in [0.1, 0.15) is 30.9 Å². The molecule has 4 nitrogen and oxygen atoms in total. The van der Waals surface area contributed by atoms with Gasteiger partial charge in [0.25, 0.3) is 0 Å². The highest BCUT2D eigenvalue weighted by Crippen LogP contribution is 2.07. The molecule has 0 radical (unpaired) electrons. The second-order valence-electron chi connectivity index (χ2n) is 5.97. The second-order valence-corrected chi connectivity index (χ2v) is 5.97. The molecular formula is C18H30ClN3O. The molecule has 2 rings (SSSR count). The first-order valence-electron chi connectivity index (χ1n) is 8.55. The molecule has 0 bridgehead atoms. The van der Waals surface area contributed by atoms with Crippen LogP contribution in [0.5, 0.6) is 0 Å². The normalized spacial score (nSPS) is 15.0. The maximum Gasteiger partial charge on any atom is 0.220 e. The summed E-state index contributed by atoms with van der Waals surface area (Å²) in [5.74, 6) is 0.167. The minimum absolute atomic E-state index is 0. The number of hydrogen-bond donors (Lipinski definition) is 2. The average Bonchev–Trinajstić information content (AvgIpc) is 2.58. The number of carbonyl (C=O) groups excluding carboxylic acids is 1. The van der Waals surface area contributed by atoms with Crippen LogP contribution in [0, 0.1) is 0 Å². The van der Waals surface area contributed by atoms with Crippen LogP contribution in [0.25, 0.3) is 0 Å². The number of halogens is 1. The van der Waals surface area contributed by atoms with Gasteiger partial charge < -0.3 is 15.5 Å². The van der Waals surface area contributed by atoms with E-state index in [4.69, 9.17) is 0 Å². The van der Waals surface area contributed by atoms with Gasteiger partial charge in [-0.15, -0.1) is 12.4 Å². The molecule has 2 N–H and O–H groups in total. The van der Waals surface area contributed by atoms with Crippen molar-refractivity contribution in [2.24, 2.45) is 0 Å². The molecule has 1 aliphatic heterocycles. The summed E-state index contributed by atoms with van der Waals surface area (Å²) in [7, 11) is 0. The molecule has 130 valence electrons. The maximum absolute atomic E-state index is 11.9. The highest BCUT2D eigenvalue weighted by molar-refractivity contribution is 5.85. The number of amides is 1. The van der Waals surface area contributed by atoms with Crippen LogP contribution in [-0.2, 0) is 17.6 Å². The van der Waals surface area contributed by atoms with E-state index in [0.29, 0.717) is 6.42 Å². The molecule has 0 atom stereocenters. The van der Waals surface area contributed by atoms with Crippen molar-refractivity contribution in [2.75, 3.05) is 39.3 Å². The van der Waals surface area contributed by atoms with Crippen LogP contribution in [0.2, 0.25) is 0 Å². The van der Waals surface area contributed by atoms with E-state index in [-0.39, 0.29) is 18.3 Å². The van der Waals surface area contributed by atoms with Crippen molar-refractivity contribution in [3.63, 3.8) is 0 Å². The van der Waals surface area contributed by atoms with Crippen molar-refractivity contribution in [3.8, 4) is 0 Å². The smallest absolute Gasteiger partial charge is 0.220 e. The molecule has 0 saturated carbocycles. The zero-order valence-corrected chi connectivity index (χ0v) is 15.0. The predicted molar refractivity (Wildman–Crippen MR) is 98.3 cm³/mol. The van der Waals surface area contributed by atoms with Gasteiger partial charge >= 0.3 is 0 Å². The van der Waals surface area contributed by atoms with E-state index in [9.17, 15) is 4.79 Å². The summed E-state index contributed by atoms with van der Waals surface area (Å²) in [5, 5.41) is 6.39. The molecule has 1 aromatic rings. The molecule has 1 saturated heterocycles. The molecule has 1 aliphatic rings. The Kier molecular flexibility index (Phi) is 9.92. The summed E-state index contributed by atoms with van der Waals surface area (Å²) in [6, 6.07) is 8.58. The van der Waals surface area contributed by atoms with Gasteiger partial charge in [-0.2, -0.15) is 0 Å². The average molecular weight is 340 g/mol. The first-order valence-corrected chi connectivity index (χ1v) is 8.55. The quantitative estimate of drug-likeness (QED) is 0.712. The van der Waals surface area contributed by atoms with Crippen LogP contribution < -0.4 is 10.6 Å². The number of rotatable bonds is 8. The number of nitrogens with one attached hydrogen (secondary N) is 2. The number of aryl methyl sites for hydroxylation is 2. The zero-order valence-electron chi connectivity index (χ0n) is 14.1. The molecular weight excluding hydrogens is 310 g/mol. The van der Waals surface area contributed by atoms with E-state index in [2.05, 4.69) is 46.7 Å². The Balaban J connectivity index is 0.00000264. The fourth-order valence-corrected chi connectivity index (χ4v) is 2.75. The molecule has 23 heavy (non-hydrogen) atoms. The monoisotopic (exact) mass is 339 g/mol. The van der Waals surface area contributed by atoms with E-state index < -0.39 is 0 Å². The second kappa shape index (κ2) is 11.4. The van der Waals surface area contributed by atoms with Gasteiger partial charge in [0, 0.05) is 39.1 Å². The fraction of sp³-hybridized carbons (Fsp3) is 0.611. The third-order valence-electron chi connectivity index (χ3n) is 4.25. The lowest BCUT2D eigenvalue weighted by atomic mass is 10.1. The summed E-state index contributed by atoms with van der Waals surface area (Å²) in [4.78, 5) is 14.3. The number of hydrogen-bond acceptors (Lipinski definition) is 3. The third kappa shape index (κ3) is 7.82. The van der Waals surface area contributed by atoms with Crippen molar-refractivity contribution in [1.29, 1.82) is 0 Å². The molecule has 0 spiro atoms. The van der Waals surface area contributed by atoms with E-state index >= 15 is 0 Å². The van der Waals surface area contributed by atoms with Crippen LogP contribution >= 0.6 is 12.4 Å². The minimum atomic E-state index is 0. The standard InChI is InChI=1S/C18H29N3O.ClH/c1-2-16-4-6-17(7-5-16)8-9-18(22)20-10-3-13-21-14-11-19-12-15-21;/h4-7,19H,2-3,8-15H2,1H3,(H,20,22);1H. The lowest BCUT2D eigenvalue weighted by molar-refractivity contribution is -0.121. The van der Waals surface area contributed by atoms with Gasteiger partial charge in [0.2, 0.25) is 5.91 Å². The van der Waals surface area contributed by atoms with E-state index in [0.717, 1.165) is 58.5 Å². The van der Waals surface area contributed by atoms with Gasteiger partial charge in [0.1, 0.15) is 0 Å². The Morgan fingerprint density at radius 1 is 1.17 bits per heavy atom. The summed E-state index contributed by atoms with van der Waals surface area (Å²) >= 11 is 0. The van der Waals surface area contributed by atoms with Crippen molar-refractivity contribution >= 4 is 18.3 Å². The minimum Gasteiger partial charge on any atom is -0.356 e. The van der Waals surface area contributed by atoms with Gasteiger partial charge in [-0.1, -0.05) is 31.2 Å². The van der Waals surface area contributed by atoms with E-state index in [1.807, 2.05) is 0 Å². The first-order chi connectivity index (χ1) is 10.8. The van der Waals surface area contributed by atoms with Crippen molar-refractivity contribution in [3.05, 3.63) is 35.4 Å². The number of carbonyl (C=O) groups is 1. The molecule has 0 aliphatic carbocycles. The SMILES string of the molecule is CCc1ccc(CCC(=O)NCCCN2CCNCC2)cc1.Cl. The van der Waals surface area contributed by atoms with Gasteiger partial charge in [0.15, 0.2) is 0 Å².